The molecule has 3 heterocycles. The number of hydrogen-bond acceptors (Lipinski definition) is 6. The third-order valence-corrected chi connectivity index (χ3v) is 12.6. The Kier molecular flexibility index (Phi) is 7.81. The van der Waals surface area contributed by atoms with Crippen LogP contribution in [0.15, 0.2) is 47.4 Å². The Morgan fingerprint density at radius 2 is 1.50 bits per heavy atom. The van der Waals surface area contributed by atoms with Gasteiger partial charge in [-0.25, -0.2) is 17.2 Å². The summed E-state index contributed by atoms with van der Waals surface area (Å²) in [7, 11) is -4.63. The highest BCUT2D eigenvalue weighted by molar-refractivity contribution is 7.92. The van der Waals surface area contributed by atoms with Crippen LogP contribution in [0.3, 0.4) is 0 Å². The van der Waals surface area contributed by atoms with Gasteiger partial charge in [-0.05, 0) is 67.5 Å². The summed E-state index contributed by atoms with van der Waals surface area (Å²) in [4.78, 5) is 16.9. The lowest BCUT2D eigenvalue weighted by atomic mass is 9.76. The van der Waals surface area contributed by atoms with Crippen molar-refractivity contribution in [2.45, 2.75) is 77.5 Å². The highest BCUT2D eigenvalue weighted by Gasteiger charge is 2.74. The van der Waals surface area contributed by atoms with Crippen molar-refractivity contribution in [3.8, 4) is 0 Å². The summed E-state index contributed by atoms with van der Waals surface area (Å²) in [5.41, 5.74) is -9.74. The predicted octanol–water partition coefficient (Wildman–Crippen LogP) is 4.56. The molecule has 1 amide bonds. The number of piperidine rings is 1. The third-order valence-electron chi connectivity index (χ3n) is 10.1. The van der Waals surface area contributed by atoms with E-state index in [1.807, 2.05) is 0 Å². The molecule has 3 fully saturated rings. The highest BCUT2D eigenvalue weighted by atomic mass is 32.2. The van der Waals surface area contributed by atoms with Gasteiger partial charge in [0.25, 0.3) is 5.91 Å². The maximum absolute atomic E-state index is 15.0. The zero-order valence-electron chi connectivity index (χ0n) is 24.2. The first-order valence-electron chi connectivity index (χ1n) is 14.7. The molecule has 0 spiro atoms. The number of amides is 1. The van der Waals surface area contributed by atoms with Gasteiger partial charge in [0.1, 0.15) is 16.2 Å². The SMILES string of the molecule is O=C(N1CC[C@@]2(S(=O)(=O)c3ccc(F)cc3)c3ccc(C(F)(C(F)(F)F)C(F)(F)F)cc3CC[C@@H]12)C1(O)CCN(C2COC2)CC1. The van der Waals surface area contributed by atoms with Crippen LogP contribution < -0.4 is 0 Å². The second-order valence-corrected chi connectivity index (χ2v) is 14.6. The molecular weight excluding hydrogens is 652 g/mol. The van der Waals surface area contributed by atoms with Crippen molar-refractivity contribution in [3.05, 3.63) is 65.0 Å². The normalized spacial score (nSPS) is 25.9. The number of carbonyl (C=O) groups excluding carboxylic acids is 1. The van der Waals surface area contributed by atoms with Gasteiger partial charge in [-0.1, -0.05) is 18.2 Å². The molecule has 1 aliphatic carbocycles. The Morgan fingerprint density at radius 3 is 2.04 bits per heavy atom. The summed E-state index contributed by atoms with van der Waals surface area (Å²) < 4.78 is 142. The van der Waals surface area contributed by atoms with Crippen molar-refractivity contribution >= 4 is 15.7 Å². The average molecular weight is 683 g/mol. The van der Waals surface area contributed by atoms with Crippen molar-refractivity contribution in [2.24, 2.45) is 0 Å². The maximum Gasteiger partial charge on any atom is 0.435 e. The molecule has 252 valence electrons. The lowest BCUT2D eigenvalue weighted by Gasteiger charge is -2.47. The number of ether oxygens (including phenoxy) is 1. The Bertz CT molecular complexity index is 1610. The molecule has 1 N–H and O–H groups in total. The van der Waals surface area contributed by atoms with E-state index < -0.39 is 61.5 Å². The first kappa shape index (κ1) is 33.1. The fourth-order valence-electron chi connectivity index (χ4n) is 7.47. The number of halogens is 8. The molecule has 2 aromatic carbocycles. The molecule has 4 aliphatic rings. The molecular formula is C30H30F8N2O5S. The molecule has 3 aliphatic heterocycles. The summed E-state index contributed by atoms with van der Waals surface area (Å²) in [6.07, 6.45) is -13.5. The second kappa shape index (κ2) is 10.9. The van der Waals surface area contributed by atoms with Crippen molar-refractivity contribution < 1.29 is 58.2 Å². The Labute approximate surface area is 259 Å². The number of benzene rings is 2. The van der Waals surface area contributed by atoms with Crippen molar-refractivity contribution in [1.29, 1.82) is 0 Å². The Morgan fingerprint density at radius 1 is 0.891 bits per heavy atom. The summed E-state index contributed by atoms with van der Waals surface area (Å²) in [5.74, 6) is -1.49. The molecule has 16 heteroatoms. The molecule has 0 bridgehead atoms. The van der Waals surface area contributed by atoms with Crippen LogP contribution in [0.1, 0.15) is 42.4 Å². The Hall–Kier alpha value is -2.82. The summed E-state index contributed by atoms with van der Waals surface area (Å²) in [6.45, 7) is 1.61. The van der Waals surface area contributed by atoms with Crippen LogP contribution in [0.2, 0.25) is 0 Å². The fraction of sp³-hybridized carbons (Fsp3) is 0.567. The number of rotatable bonds is 5. The van der Waals surface area contributed by atoms with Crippen molar-refractivity contribution in [2.75, 3.05) is 32.8 Å². The number of carbonyl (C=O) groups is 1. The lowest BCUT2D eigenvalue weighted by Crippen LogP contribution is -2.61. The number of alkyl halides is 7. The van der Waals surface area contributed by atoms with Gasteiger partial charge < -0.3 is 14.7 Å². The number of fused-ring (bicyclic) bond motifs is 3. The Balaban J connectivity index is 1.43. The van der Waals surface area contributed by atoms with Gasteiger partial charge in [-0.2, -0.15) is 26.3 Å². The van der Waals surface area contributed by atoms with Crippen LogP contribution in [-0.4, -0.2) is 92.1 Å². The van der Waals surface area contributed by atoms with Gasteiger partial charge in [-0.3, -0.25) is 9.69 Å². The maximum atomic E-state index is 15.0. The summed E-state index contributed by atoms with van der Waals surface area (Å²) in [6, 6.07) is 4.15. The first-order valence-corrected chi connectivity index (χ1v) is 16.2. The van der Waals surface area contributed by atoms with Crippen LogP contribution in [0.4, 0.5) is 35.1 Å². The van der Waals surface area contributed by atoms with E-state index in [4.69, 9.17) is 4.74 Å². The minimum Gasteiger partial charge on any atom is -0.380 e. The van der Waals surface area contributed by atoms with E-state index in [9.17, 15) is 49.1 Å². The fourth-order valence-corrected chi connectivity index (χ4v) is 9.84. The van der Waals surface area contributed by atoms with Crippen LogP contribution >= 0.6 is 0 Å². The zero-order valence-corrected chi connectivity index (χ0v) is 25.0. The molecule has 2 atom stereocenters. The molecule has 2 aromatic rings. The van der Waals surface area contributed by atoms with Crippen LogP contribution in [-0.2, 0) is 36.2 Å². The minimum absolute atomic E-state index is 0.0523. The summed E-state index contributed by atoms with van der Waals surface area (Å²) >= 11 is 0. The predicted molar refractivity (Wildman–Crippen MR) is 145 cm³/mol. The van der Waals surface area contributed by atoms with Crippen molar-refractivity contribution in [3.63, 3.8) is 0 Å². The monoisotopic (exact) mass is 682 g/mol. The van der Waals surface area contributed by atoms with Gasteiger partial charge in [0, 0.05) is 25.2 Å². The molecule has 3 saturated heterocycles. The van der Waals surface area contributed by atoms with E-state index in [1.165, 1.54) is 4.90 Å². The van der Waals surface area contributed by atoms with E-state index in [-0.39, 0.29) is 66.8 Å². The van der Waals surface area contributed by atoms with Crippen LogP contribution in [0.5, 0.6) is 0 Å². The molecule has 0 radical (unpaired) electrons. The molecule has 0 unspecified atom stereocenters. The largest absolute Gasteiger partial charge is 0.435 e. The van der Waals surface area contributed by atoms with Gasteiger partial charge >= 0.3 is 18.0 Å². The van der Waals surface area contributed by atoms with Gasteiger partial charge in [0.2, 0.25) is 0 Å². The number of sulfone groups is 1. The third kappa shape index (κ3) is 4.76. The van der Waals surface area contributed by atoms with E-state index in [1.54, 1.807) is 0 Å². The zero-order chi connectivity index (χ0) is 33.5. The van der Waals surface area contributed by atoms with E-state index >= 15 is 4.39 Å². The van der Waals surface area contributed by atoms with E-state index in [0.29, 0.717) is 32.4 Å². The lowest BCUT2D eigenvalue weighted by molar-refractivity contribution is -0.348. The van der Waals surface area contributed by atoms with Gasteiger partial charge in [0.05, 0.1) is 30.2 Å². The smallest absolute Gasteiger partial charge is 0.380 e. The van der Waals surface area contributed by atoms with E-state index in [0.717, 1.165) is 30.3 Å². The first-order chi connectivity index (χ1) is 21.4. The van der Waals surface area contributed by atoms with Crippen LogP contribution in [0.25, 0.3) is 0 Å². The van der Waals surface area contributed by atoms with Crippen molar-refractivity contribution in [1.82, 2.24) is 9.80 Å². The molecule has 0 aromatic heterocycles. The van der Waals surface area contributed by atoms with Gasteiger partial charge in [0.15, 0.2) is 9.84 Å². The number of nitrogens with zero attached hydrogens (tertiary/aromatic N) is 2. The van der Waals surface area contributed by atoms with Gasteiger partial charge in [-0.15, -0.1) is 0 Å². The second-order valence-electron chi connectivity index (χ2n) is 12.4. The highest BCUT2D eigenvalue weighted by Crippen LogP contribution is 2.57. The molecule has 7 nitrogen and oxygen atoms in total. The number of hydrogen-bond donors (Lipinski definition) is 1. The average Bonchev–Trinajstić information content (AvgIpc) is 3.37. The summed E-state index contributed by atoms with van der Waals surface area (Å²) in [5, 5.41) is 11.5. The topological polar surface area (TPSA) is 87.2 Å². The number of aryl methyl sites for hydroxylation is 1. The van der Waals surface area contributed by atoms with Crippen LogP contribution in [0, 0.1) is 5.82 Å². The molecule has 0 saturated carbocycles. The number of likely N-dealkylation sites (tertiary alicyclic amines) is 2. The van der Waals surface area contributed by atoms with E-state index in [2.05, 4.69) is 4.90 Å². The quantitative estimate of drug-likeness (QED) is 0.368. The minimum atomic E-state index is -6.37. The standard InChI is InChI=1S/C30H30F8N2O5S/c31-20-3-5-22(6-4-20)46(43,44)27-11-14-40(25(41)26(42)9-12-39(13-10-26)21-16-45-17-21)24(27)8-1-18-15-19(2-7-23(18)27)28(32,29(33,34)35)30(36,37)38/h2-7,15,21,24,42H,1,8-14,16-17H2/t24-,27-/m1/s1. The molecule has 46 heavy (non-hydrogen) atoms. The molecule has 6 rings (SSSR count). The number of aliphatic hydroxyl groups is 1.